The minimum Gasteiger partial charge on any atom is -0.486 e. The molecular formula is C21H23BrF3NO3. The van der Waals surface area contributed by atoms with E-state index in [9.17, 15) is 18.0 Å². The molecule has 0 spiro atoms. The first kappa shape index (κ1) is 23.2. The van der Waals surface area contributed by atoms with Crippen molar-refractivity contribution >= 4 is 21.9 Å². The van der Waals surface area contributed by atoms with Crippen LogP contribution in [-0.4, -0.2) is 37.6 Å². The maximum absolute atomic E-state index is 12.8. The number of halogens is 4. The molecule has 0 amide bonds. The zero-order valence-electron chi connectivity index (χ0n) is 16.2. The summed E-state index contributed by atoms with van der Waals surface area (Å²) < 4.78 is 50.1. The number of carbonyl (C=O) groups excluding carboxylic acids is 1. The van der Waals surface area contributed by atoms with Crippen molar-refractivity contribution in [1.82, 2.24) is 4.90 Å². The molecule has 2 aromatic rings. The summed E-state index contributed by atoms with van der Waals surface area (Å²) in [5, 5.41) is 0. The number of nitrogens with zero attached hydrogens (tertiary/aromatic N) is 1. The van der Waals surface area contributed by atoms with Gasteiger partial charge in [-0.1, -0.05) is 28.1 Å². The summed E-state index contributed by atoms with van der Waals surface area (Å²) in [6.07, 6.45) is -4.23. The van der Waals surface area contributed by atoms with Crippen molar-refractivity contribution in [3.8, 4) is 5.75 Å². The Balaban J connectivity index is 2.09. The standard InChI is InChI=1S/C21H23BrF3NO3/c1-3-28-20(27)14-26(2)13-12-19(15-4-8-17(22)9-5-15)29-18-10-6-16(7-11-18)21(23,24)25/h4-11,19H,3,12-14H2,1-2H3. The second kappa shape index (κ2) is 10.6. The van der Waals surface area contributed by atoms with Gasteiger partial charge in [0, 0.05) is 17.4 Å². The van der Waals surface area contributed by atoms with E-state index in [4.69, 9.17) is 9.47 Å². The van der Waals surface area contributed by atoms with Crippen LogP contribution in [-0.2, 0) is 15.7 Å². The summed E-state index contributed by atoms with van der Waals surface area (Å²) in [4.78, 5) is 13.4. The Hall–Kier alpha value is -2.06. The van der Waals surface area contributed by atoms with Gasteiger partial charge in [-0.25, -0.2) is 0 Å². The molecule has 1 unspecified atom stereocenters. The normalized spacial score (nSPS) is 12.7. The second-order valence-corrected chi connectivity index (χ2v) is 7.43. The van der Waals surface area contributed by atoms with Gasteiger partial charge in [-0.05, 0) is 55.9 Å². The Morgan fingerprint density at radius 1 is 1.10 bits per heavy atom. The van der Waals surface area contributed by atoms with E-state index in [2.05, 4.69) is 15.9 Å². The summed E-state index contributed by atoms with van der Waals surface area (Å²) >= 11 is 3.39. The van der Waals surface area contributed by atoms with Crippen LogP contribution in [0.3, 0.4) is 0 Å². The summed E-state index contributed by atoms with van der Waals surface area (Å²) in [5.74, 6) is 0.0396. The zero-order chi connectivity index (χ0) is 21.4. The van der Waals surface area contributed by atoms with E-state index in [1.807, 2.05) is 29.2 Å². The fraction of sp³-hybridized carbons (Fsp3) is 0.381. The first-order chi connectivity index (χ1) is 13.7. The number of alkyl halides is 3. The fourth-order valence-corrected chi connectivity index (χ4v) is 2.97. The van der Waals surface area contributed by atoms with E-state index in [1.165, 1.54) is 12.1 Å². The quantitative estimate of drug-likeness (QED) is 0.452. The molecule has 0 heterocycles. The molecule has 0 saturated heterocycles. The first-order valence-electron chi connectivity index (χ1n) is 9.12. The minimum absolute atomic E-state index is 0.154. The molecule has 0 aliphatic rings. The van der Waals surface area contributed by atoms with Crippen molar-refractivity contribution in [2.24, 2.45) is 0 Å². The van der Waals surface area contributed by atoms with Crippen molar-refractivity contribution in [3.05, 3.63) is 64.1 Å². The van der Waals surface area contributed by atoms with Crippen LogP contribution in [0.1, 0.15) is 30.6 Å². The second-order valence-electron chi connectivity index (χ2n) is 6.51. The first-order valence-corrected chi connectivity index (χ1v) is 9.92. The zero-order valence-corrected chi connectivity index (χ0v) is 17.8. The van der Waals surface area contributed by atoms with Gasteiger partial charge in [0.05, 0.1) is 18.7 Å². The highest BCUT2D eigenvalue weighted by Gasteiger charge is 2.30. The van der Waals surface area contributed by atoms with Crippen LogP contribution in [0.2, 0.25) is 0 Å². The molecule has 0 aliphatic carbocycles. The minimum atomic E-state index is -4.39. The van der Waals surface area contributed by atoms with Gasteiger partial charge in [0.2, 0.25) is 0 Å². The molecule has 0 radical (unpaired) electrons. The van der Waals surface area contributed by atoms with Gasteiger partial charge < -0.3 is 9.47 Å². The Kier molecular flexibility index (Phi) is 8.52. The lowest BCUT2D eigenvalue weighted by Gasteiger charge is -2.23. The maximum atomic E-state index is 12.8. The molecule has 158 valence electrons. The van der Waals surface area contributed by atoms with Crippen molar-refractivity contribution in [2.75, 3.05) is 26.7 Å². The van der Waals surface area contributed by atoms with Crippen LogP contribution < -0.4 is 4.74 Å². The summed E-state index contributed by atoms with van der Waals surface area (Å²) in [6.45, 7) is 2.77. The van der Waals surface area contributed by atoms with E-state index in [1.54, 1.807) is 14.0 Å². The molecule has 0 fully saturated rings. The van der Waals surface area contributed by atoms with E-state index >= 15 is 0 Å². The predicted octanol–water partition coefficient (Wildman–Crippen LogP) is 5.47. The van der Waals surface area contributed by atoms with Crippen molar-refractivity contribution in [1.29, 1.82) is 0 Å². The van der Waals surface area contributed by atoms with Crippen LogP contribution in [0.25, 0.3) is 0 Å². The lowest BCUT2D eigenvalue weighted by Crippen LogP contribution is -2.29. The predicted molar refractivity (Wildman–Crippen MR) is 108 cm³/mol. The highest BCUT2D eigenvalue weighted by molar-refractivity contribution is 9.10. The third-order valence-electron chi connectivity index (χ3n) is 4.18. The third kappa shape index (κ3) is 7.70. The molecule has 1 atom stereocenters. The van der Waals surface area contributed by atoms with E-state index in [0.717, 1.165) is 22.2 Å². The average Bonchev–Trinajstić information content (AvgIpc) is 2.65. The van der Waals surface area contributed by atoms with Crippen molar-refractivity contribution in [3.63, 3.8) is 0 Å². The molecule has 0 aromatic heterocycles. The molecule has 8 heteroatoms. The fourth-order valence-electron chi connectivity index (χ4n) is 2.70. The maximum Gasteiger partial charge on any atom is 0.416 e. The highest BCUT2D eigenvalue weighted by atomic mass is 79.9. The third-order valence-corrected chi connectivity index (χ3v) is 4.71. The number of hydrogen-bond donors (Lipinski definition) is 0. The average molecular weight is 474 g/mol. The molecule has 0 N–H and O–H groups in total. The highest BCUT2D eigenvalue weighted by Crippen LogP contribution is 2.32. The molecular weight excluding hydrogens is 451 g/mol. The van der Waals surface area contributed by atoms with Crippen LogP contribution in [0.5, 0.6) is 5.75 Å². The van der Waals surface area contributed by atoms with E-state index in [-0.39, 0.29) is 18.6 Å². The monoisotopic (exact) mass is 473 g/mol. The van der Waals surface area contributed by atoms with Crippen LogP contribution in [0.4, 0.5) is 13.2 Å². The smallest absolute Gasteiger partial charge is 0.416 e. The molecule has 0 saturated carbocycles. The number of hydrogen-bond acceptors (Lipinski definition) is 4. The number of esters is 1. The largest absolute Gasteiger partial charge is 0.486 e. The Morgan fingerprint density at radius 3 is 2.28 bits per heavy atom. The van der Waals surface area contributed by atoms with Gasteiger partial charge in [0.25, 0.3) is 0 Å². The van der Waals surface area contributed by atoms with Crippen LogP contribution >= 0.6 is 15.9 Å². The molecule has 0 bridgehead atoms. The molecule has 0 aliphatic heterocycles. The van der Waals surface area contributed by atoms with Gasteiger partial charge in [-0.15, -0.1) is 0 Å². The molecule has 29 heavy (non-hydrogen) atoms. The van der Waals surface area contributed by atoms with Gasteiger partial charge in [-0.3, -0.25) is 9.69 Å². The van der Waals surface area contributed by atoms with Crippen molar-refractivity contribution < 1.29 is 27.4 Å². The molecule has 4 nitrogen and oxygen atoms in total. The van der Waals surface area contributed by atoms with E-state index in [0.29, 0.717) is 25.3 Å². The Morgan fingerprint density at radius 2 is 1.72 bits per heavy atom. The van der Waals surface area contributed by atoms with Gasteiger partial charge in [0.1, 0.15) is 11.9 Å². The summed E-state index contributed by atoms with van der Waals surface area (Å²) in [7, 11) is 1.80. The number of rotatable bonds is 9. The Labute approximate surface area is 176 Å². The Bertz CT molecular complexity index is 779. The number of likely N-dealkylation sites (N-methyl/N-ethyl adjacent to an activating group) is 1. The SMILES string of the molecule is CCOC(=O)CN(C)CCC(Oc1ccc(C(F)(F)F)cc1)c1ccc(Br)cc1. The lowest BCUT2D eigenvalue weighted by atomic mass is 10.1. The molecule has 2 aromatic carbocycles. The van der Waals surface area contributed by atoms with Crippen LogP contribution in [0.15, 0.2) is 53.0 Å². The summed E-state index contributed by atoms with van der Waals surface area (Å²) in [5.41, 5.74) is 0.164. The number of benzene rings is 2. The van der Waals surface area contributed by atoms with Gasteiger partial charge in [0.15, 0.2) is 0 Å². The number of ether oxygens (including phenoxy) is 2. The molecule has 2 rings (SSSR count). The van der Waals surface area contributed by atoms with Crippen molar-refractivity contribution in [2.45, 2.75) is 25.6 Å². The number of carbonyl (C=O) groups is 1. The van der Waals surface area contributed by atoms with Gasteiger partial charge in [-0.2, -0.15) is 13.2 Å². The van der Waals surface area contributed by atoms with Gasteiger partial charge >= 0.3 is 12.1 Å². The van der Waals surface area contributed by atoms with Crippen LogP contribution in [0, 0.1) is 0 Å². The van der Waals surface area contributed by atoms with E-state index < -0.39 is 11.7 Å². The summed E-state index contributed by atoms with van der Waals surface area (Å²) in [6, 6.07) is 12.2. The topological polar surface area (TPSA) is 38.8 Å². The lowest BCUT2D eigenvalue weighted by molar-refractivity contribution is -0.144.